The van der Waals surface area contributed by atoms with Crippen molar-refractivity contribution in [1.29, 1.82) is 0 Å². The van der Waals surface area contributed by atoms with E-state index in [1.165, 1.54) is 4.70 Å². The van der Waals surface area contributed by atoms with Gasteiger partial charge in [0.25, 0.3) is 0 Å². The van der Waals surface area contributed by atoms with Crippen LogP contribution in [0.5, 0.6) is 0 Å². The number of pyridine rings is 1. The third kappa shape index (κ3) is 5.82. The molecule has 0 spiro atoms. The number of fused-ring (bicyclic) bond motifs is 1. The van der Waals surface area contributed by atoms with Gasteiger partial charge in [-0.1, -0.05) is 29.5 Å². The van der Waals surface area contributed by atoms with Crippen molar-refractivity contribution in [3.05, 3.63) is 54.4 Å². The van der Waals surface area contributed by atoms with Crippen LogP contribution in [0.2, 0.25) is 0 Å². The standard InChI is InChI=1S/C17H20N6S.HI/c1-18-16(22-12-13-6-4-5-9-19-13)20-10-11-21-17-23-14-7-2-3-8-15(14)24-17;/h2-9H,10-12H2,1H3,(H,21,23)(H2,18,20,22);1H. The minimum absolute atomic E-state index is 0. The average molecular weight is 468 g/mol. The fourth-order valence-electron chi connectivity index (χ4n) is 2.20. The number of guanidine groups is 1. The molecule has 3 rings (SSSR count). The molecule has 2 heterocycles. The molecule has 0 amide bonds. The summed E-state index contributed by atoms with van der Waals surface area (Å²) in [7, 11) is 1.76. The maximum absolute atomic E-state index is 4.55. The predicted octanol–water partition coefficient (Wildman–Crippen LogP) is 3.09. The Morgan fingerprint density at radius 3 is 2.68 bits per heavy atom. The molecule has 0 aliphatic rings. The summed E-state index contributed by atoms with van der Waals surface area (Å²) in [5.41, 5.74) is 2.01. The van der Waals surface area contributed by atoms with Crippen molar-refractivity contribution in [2.24, 2.45) is 4.99 Å². The van der Waals surface area contributed by atoms with Crippen LogP contribution in [0.4, 0.5) is 5.13 Å². The lowest BCUT2D eigenvalue weighted by Gasteiger charge is -2.11. The van der Waals surface area contributed by atoms with Gasteiger partial charge in [-0.15, -0.1) is 24.0 Å². The molecule has 0 atom stereocenters. The summed E-state index contributed by atoms with van der Waals surface area (Å²) >= 11 is 1.67. The molecule has 0 aliphatic heterocycles. The van der Waals surface area contributed by atoms with Crippen LogP contribution in [0.25, 0.3) is 10.2 Å². The van der Waals surface area contributed by atoms with Crippen molar-refractivity contribution in [2.45, 2.75) is 6.54 Å². The summed E-state index contributed by atoms with van der Waals surface area (Å²) in [6, 6.07) is 14.0. The van der Waals surface area contributed by atoms with E-state index in [0.717, 1.165) is 35.4 Å². The predicted molar refractivity (Wildman–Crippen MR) is 116 cm³/mol. The number of halogens is 1. The van der Waals surface area contributed by atoms with Crippen LogP contribution in [-0.2, 0) is 6.54 Å². The van der Waals surface area contributed by atoms with Gasteiger partial charge in [-0.05, 0) is 24.3 Å². The monoisotopic (exact) mass is 468 g/mol. The van der Waals surface area contributed by atoms with Gasteiger partial charge in [0.15, 0.2) is 11.1 Å². The number of nitrogens with zero attached hydrogens (tertiary/aromatic N) is 3. The molecule has 0 fully saturated rings. The Hall–Kier alpha value is -1.94. The number of hydrogen-bond acceptors (Lipinski definition) is 5. The molecule has 0 saturated carbocycles. The Balaban J connectivity index is 0.00000225. The van der Waals surface area contributed by atoms with E-state index in [1.807, 2.05) is 36.4 Å². The first kappa shape index (κ1) is 19.4. The van der Waals surface area contributed by atoms with Crippen LogP contribution in [-0.4, -0.2) is 36.1 Å². The molecule has 8 heteroatoms. The molecule has 2 aromatic heterocycles. The Kier molecular flexibility index (Phi) is 7.86. The molecular formula is C17H21IN6S. The van der Waals surface area contributed by atoms with E-state index >= 15 is 0 Å². The Labute approximate surface area is 168 Å². The van der Waals surface area contributed by atoms with Gasteiger partial charge in [-0.25, -0.2) is 4.98 Å². The van der Waals surface area contributed by atoms with Crippen molar-refractivity contribution in [2.75, 3.05) is 25.5 Å². The zero-order chi connectivity index (χ0) is 16.6. The lowest BCUT2D eigenvalue weighted by Crippen LogP contribution is -2.39. The maximum Gasteiger partial charge on any atom is 0.191 e. The van der Waals surface area contributed by atoms with Gasteiger partial charge in [0.2, 0.25) is 0 Å². The summed E-state index contributed by atoms with van der Waals surface area (Å²) < 4.78 is 1.20. The molecule has 25 heavy (non-hydrogen) atoms. The van der Waals surface area contributed by atoms with E-state index < -0.39 is 0 Å². The Morgan fingerprint density at radius 1 is 1.08 bits per heavy atom. The molecule has 0 bridgehead atoms. The number of aromatic nitrogens is 2. The lowest BCUT2D eigenvalue weighted by molar-refractivity contribution is 0.798. The highest BCUT2D eigenvalue weighted by Crippen LogP contribution is 2.24. The number of thiazole rings is 1. The van der Waals surface area contributed by atoms with Crippen LogP contribution in [0, 0.1) is 0 Å². The number of hydrogen-bond donors (Lipinski definition) is 3. The number of rotatable bonds is 6. The molecule has 0 radical (unpaired) electrons. The molecule has 0 saturated heterocycles. The summed E-state index contributed by atoms with van der Waals surface area (Å²) in [5, 5.41) is 10.8. The Morgan fingerprint density at radius 2 is 1.92 bits per heavy atom. The van der Waals surface area contributed by atoms with Gasteiger partial charge in [0.1, 0.15) is 0 Å². The second kappa shape index (κ2) is 10.1. The third-order valence-electron chi connectivity index (χ3n) is 3.37. The van der Waals surface area contributed by atoms with E-state index in [1.54, 1.807) is 24.6 Å². The molecule has 0 aliphatic carbocycles. The van der Waals surface area contributed by atoms with Crippen LogP contribution in [0.15, 0.2) is 53.7 Å². The number of anilines is 1. The van der Waals surface area contributed by atoms with Gasteiger partial charge in [0.05, 0.1) is 22.5 Å². The van der Waals surface area contributed by atoms with Crippen molar-refractivity contribution < 1.29 is 0 Å². The van der Waals surface area contributed by atoms with Gasteiger partial charge >= 0.3 is 0 Å². The molecule has 132 valence electrons. The number of benzene rings is 1. The smallest absolute Gasteiger partial charge is 0.191 e. The number of nitrogens with one attached hydrogen (secondary N) is 3. The van der Waals surface area contributed by atoms with Gasteiger partial charge in [-0.3, -0.25) is 9.98 Å². The van der Waals surface area contributed by atoms with E-state index in [4.69, 9.17) is 0 Å². The largest absolute Gasteiger partial charge is 0.360 e. The zero-order valence-corrected chi connectivity index (χ0v) is 17.0. The van der Waals surface area contributed by atoms with Crippen LogP contribution in [0.3, 0.4) is 0 Å². The first-order valence-electron chi connectivity index (χ1n) is 7.79. The van der Waals surface area contributed by atoms with E-state index in [2.05, 4.69) is 37.0 Å². The highest BCUT2D eigenvalue weighted by Gasteiger charge is 2.02. The minimum Gasteiger partial charge on any atom is -0.360 e. The molecule has 3 aromatic rings. The van der Waals surface area contributed by atoms with Crippen LogP contribution < -0.4 is 16.0 Å². The van der Waals surface area contributed by atoms with Gasteiger partial charge in [-0.2, -0.15) is 0 Å². The zero-order valence-electron chi connectivity index (χ0n) is 13.9. The number of para-hydroxylation sites is 1. The molecule has 0 unspecified atom stereocenters. The number of aliphatic imine (C=N–C) groups is 1. The SMILES string of the molecule is CN=C(NCCNc1nc2ccccc2s1)NCc1ccccn1.I. The molecular weight excluding hydrogens is 447 g/mol. The maximum atomic E-state index is 4.55. The van der Waals surface area contributed by atoms with Crippen molar-refractivity contribution in [3.8, 4) is 0 Å². The normalized spacial score (nSPS) is 11.0. The molecule has 1 aromatic carbocycles. The summed E-state index contributed by atoms with van der Waals surface area (Å²) in [4.78, 5) is 13.0. The fourth-order valence-corrected chi connectivity index (χ4v) is 3.09. The topological polar surface area (TPSA) is 74.2 Å². The van der Waals surface area contributed by atoms with Crippen LogP contribution >= 0.6 is 35.3 Å². The fraction of sp³-hybridized carbons (Fsp3) is 0.235. The first-order chi connectivity index (χ1) is 11.8. The third-order valence-corrected chi connectivity index (χ3v) is 4.37. The molecule has 3 N–H and O–H groups in total. The first-order valence-corrected chi connectivity index (χ1v) is 8.60. The van der Waals surface area contributed by atoms with E-state index in [0.29, 0.717) is 6.54 Å². The molecule has 6 nitrogen and oxygen atoms in total. The lowest BCUT2D eigenvalue weighted by atomic mass is 10.3. The van der Waals surface area contributed by atoms with Crippen LogP contribution in [0.1, 0.15) is 5.69 Å². The van der Waals surface area contributed by atoms with Gasteiger partial charge in [0, 0.05) is 26.3 Å². The minimum atomic E-state index is 0. The highest BCUT2D eigenvalue weighted by atomic mass is 127. The van der Waals surface area contributed by atoms with Gasteiger partial charge < -0.3 is 16.0 Å². The second-order valence-corrected chi connectivity index (χ2v) is 6.12. The van der Waals surface area contributed by atoms with Crippen molar-refractivity contribution >= 4 is 56.6 Å². The van der Waals surface area contributed by atoms with Crippen molar-refractivity contribution in [1.82, 2.24) is 20.6 Å². The Bertz CT molecular complexity index is 772. The van der Waals surface area contributed by atoms with E-state index in [9.17, 15) is 0 Å². The average Bonchev–Trinajstić information content (AvgIpc) is 3.05. The van der Waals surface area contributed by atoms with E-state index in [-0.39, 0.29) is 24.0 Å². The highest BCUT2D eigenvalue weighted by molar-refractivity contribution is 14.0. The van der Waals surface area contributed by atoms with Crippen molar-refractivity contribution in [3.63, 3.8) is 0 Å². The quantitative estimate of drug-likeness (QED) is 0.225. The second-order valence-electron chi connectivity index (χ2n) is 5.09. The summed E-state index contributed by atoms with van der Waals surface area (Å²) in [6.07, 6.45) is 1.79. The summed E-state index contributed by atoms with van der Waals surface area (Å²) in [6.45, 7) is 2.16. The summed E-state index contributed by atoms with van der Waals surface area (Å²) in [5.74, 6) is 0.756.